The Bertz CT molecular complexity index is 1020. The van der Waals surface area contributed by atoms with E-state index >= 15 is 0 Å². The summed E-state index contributed by atoms with van der Waals surface area (Å²) in [5.41, 5.74) is 1.71. The molecule has 1 aromatic heterocycles. The molecule has 2 aliphatic rings. The average Bonchev–Trinajstić information content (AvgIpc) is 3.64. The molecule has 2 aromatic rings. The summed E-state index contributed by atoms with van der Waals surface area (Å²) in [6.45, 7) is 1.72. The van der Waals surface area contributed by atoms with Gasteiger partial charge in [0.15, 0.2) is 0 Å². The third-order valence-electron chi connectivity index (χ3n) is 6.65. The van der Waals surface area contributed by atoms with Crippen molar-refractivity contribution in [2.75, 3.05) is 25.1 Å². The number of carboxylic acid groups (broad SMARTS) is 1. The van der Waals surface area contributed by atoms with Gasteiger partial charge in [-0.25, -0.2) is 14.2 Å². The smallest absolute Gasteiger partial charge is 0.326 e. The van der Waals surface area contributed by atoms with E-state index in [1.807, 2.05) is 0 Å². The summed E-state index contributed by atoms with van der Waals surface area (Å²) in [6, 6.07) is 9.35. The van der Waals surface area contributed by atoms with Crippen molar-refractivity contribution in [1.29, 1.82) is 0 Å². The molecule has 3 N–H and O–H groups in total. The van der Waals surface area contributed by atoms with E-state index in [-0.39, 0.29) is 13.0 Å². The fraction of sp³-hybridized carbons (Fsp3) is 0.500. The molecule has 4 rings (SSSR count). The monoisotopic (exact) mass is 469 g/mol. The molecule has 2 heterocycles. The number of nitrogens with one attached hydrogen (secondary N) is 2. The summed E-state index contributed by atoms with van der Waals surface area (Å²) in [5, 5.41) is 15.5. The molecule has 1 aromatic carbocycles. The zero-order valence-corrected chi connectivity index (χ0v) is 19.3. The maximum Gasteiger partial charge on any atom is 0.326 e. The first-order valence-electron chi connectivity index (χ1n) is 12.1. The van der Waals surface area contributed by atoms with Crippen molar-refractivity contribution < 1.29 is 23.8 Å². The molecule has 7 nitrogen and oxygen atoms in total. The highest BCUT2D eigenvalue weighted by atomic mass is 19.1. The largest absolute Gasteiger partial charge is 0.480 e. The van der Waals surface area contributed by atoms with Crippen LogP contribution >= 0.6 is 0 Å². The summed E-state index contributed by atoms with van der Waals surface area (Å²) in [4.78, 5) is 29.1. The van der Waals surface area contributed by atoms with Crippen molar-refractivity contribution in [3.8, 4) is 0 Å². The van der Waals surface area contributed by atoms with Crippen LogP contribution in [0.4, 0.5) is 10.2 Å². The number of anilines is 1. The highest BCUT2D eigenvalue weighted by Crippen LogP contribution is 2.49. The number of hydrogen-bond donors (Lipinski definition) is 3. The maximum absolute atomic E-state index is 14.2. The molecular formula is C26H32FN3O4. The predicted molar refractivity (Wildman–Crippen MR) is 126 cm³/mol. The van der Waals surface area contributed by atoms with Gasteiger partial charge in [-0.3, -0.25) is 4.79 Å². The first-order chi connectivity index (χ1) is 16.5. The molecule has 1 saturated carbocycles. The standard InChI is InChI=1S/C26H32FN3O4/c27-21-9-2-1-8-20(21)26(13-14-26)25(33)30-22(24(31)32)12-17-34-16-4-3-7-19-11-10-18-6-5-15-28-23(18)29-19/h1-2,8-11,22H,3-7,12-17H2,(H,28,29)(H,30,33)(H,31,32)/t22-/m0/s1. The molecular weight excluding hydrogens is 437 g/mol. The van der Waals surface area contributed by atoms with Crippen molar-refractivity contribution >= 4 is 17.7 Å². The lowest BCUT2D eigenvalue weighted by molar-refractivity contribution is -0.142. The normalized spacial score (nSPS) is 16.7. The van der Waals surface area contributed by atoms with Gasteiger partial charge in [0.05, 0.1) is 5.41 Å². The predicted octanol–water partition coefficient (Wildman–Crippen LogP) is 3.61. The summed E-state index contributed by atoms with van der Waals surface area (Å²) < 4.78 is 19.8. The van der Waals surface area contributed by atoms with Crippen molar-refractivity contribution in [2.24, 2.45) is 0 Å². The summed E-state index contributed by atoms with van der Waals surface area (Å²) >= 11 is 0. The molecule has 0 radical (unpaired) electrons. The number of ether oxygens (including phenoxy) is 1. The van der Waals surface area contributed by atoms with Gasteiger partial charge in [-0.1, -0.05) is 24.3 Å². The lowest BCUT2D eigenvalue weighted by Crippen LogP contribution is -2.46. The van der Waals surface area contributed by atoms with Crippen LogP contribution in [-0.2, 0) is 32.6 Å². The molecule has 1 fully saturated rings. The third-order valence-corrected chi connectivity index (χ3v) is 6.65. The minimum atomic E-state index is -1.12. The summed E-state index contributed by atoms with van der Waals surface area (Å²) in [6.07, 6.45) is 6.03. The van der Waals surface area contributed by atoms with E-state index in [0.717, 1.165) is 50.2 Å². The number of halogens is 1. The number of unbranched alkanes of at least 4 members (excludes halogenated alkanes) is 1. The number of nitrogens with zero attached hydrogens (tertiary/aromatic N) is 1. The number of aliphatic carboxylic acids is 1. The molecule has 8 heteroatoms. The van der Waals surface area contributed by atoms with Gasteiger partial charge in [0.25, 0.3) is 0 Å². The molecule has 1 atom stereocenters. The first-order valence-corrected chi connectivity index (χ1v) is 12.1. The fourth-order valence-corrected chi connectivity index (χ4v) is 4.47. The number of rotatable bonds is 12. The molecule has 182 valence electrons. The lowest BCUT2D eigenvalue weighted by Gasteiger charge is -2.20. The number of fused-ring (bicyclic) bond motifs is 1. The highest BCUT2D eigenvalue weighted by molar-refractivity contribution is 5.94. The van der Waals surface area contributed by atoms with Gasteiger partial charge < -0.3 is 20.5 Å². The summed E-state index contributed by atoms with van der Waals surface area (Å²) in [7, 11) is 0. The van der Waals surface area contributed by atoms with Crippen LogP contribution in [0.5, 0.6) is 0 Å². The Morgan fingerprint density at radius 2 is 2.00 bits per heavy atom. The number of benzene rings is 1. The molecule has 0 saturated heterocycles. The van der Waals surface area contributed by atoms with E-state index in [1.54, 1.807) is 18.2 Å². The van der Waals surface area contributed by atoms with Crippen LogP contribution in [0.15, 0.2) is 36.4 Å². The number of pyridine rings is 1. The Morgan fingerprint density at radius 1 is 1.18 bits per heavy atom. The Hall–Kier alpha value is -3.00. The molecule has 0 bridgehead atoms. The second kappa shape index (κ2) is 11.0. The third kappa shape index (κ3) is 5.73. The number of carboxylic acids is 1. The Balaban J connectivity index is 1.16. The van der Waals surface area contributed by atoms with E-state index in [0.29, 0.717) is 25.0 Å². The molecule has 1 aliphatic heterocycles. The van der Waals surface area contributed by atoms with E-state index in [9.17, 15) is 19.1 Å². The molecule has 0 spiro atoms. The van der Waals surface area contributed by atoms with Crippen LogP contribution in [0.3, 0.4) is 0 Å². The zero-order valence-electron chi connectivity index (χ0n) is 19.3. The van der Waals surface area contributed by atoms with Crippen LogP contribution in [0, 0.1) is 5.82 Å². The minimum absolute atomic E-state index is 0.159. The quantitative estimate of drug-likeness (QED) is 0.411. The molecule has 0 unspecified atom stereocenters. The minimum Gasteiger partial charge on any atom is -0.480 e. The molecule has 34 heavy (non-hydrogen) atoms. The molecule has 1 aliphatic carbocycles. The van der Waals surface area contributed by atoms with Gasteiger partial charge >= 0.3 is 5.97 Å². The second-order valence-corrected chi connectivity index (χ2v) is 9.13. The Labute approximate surface area is 199 Å². The number of carbonyl (C=O) groups excluding carboxylic acids is 1. The number of amides is 1. The van der Waals surface area contributed by atoms with Crippen LogP contribution in [-0.4, -0.2) is 47.8 Å². The van der Waals surface area contributed by atoms with Gasteiger partial charge in [0.2, 0.25) is 5.91 Å². The van der Waals surface area contributed by atoms with Gasteiger partial charge in [-0.15, -0.1) is 0 Å². The van der Waals surface area contributed by atoms with Crippen LogP contribution in [0.1, 0.15) is 55.3 Å². The van der Waals surface area contributed by atoms with Crippen LogP contribution in [0.2, 0.25) is 0 Å². The van der Waals surface area contributed by atoms with Gasteiger partial charge in [0.1, 0.15) is 17.7 Å². The van der Waals surface area contributed by atoms with Crippen molar-refractivity contribution in [3.63, 3.8) is 0 Å². The Morgan fingerprint density at radius 3 is 2.76 bits per heavy atom. The SMILES string of the molecule is O=C(O)[C@H](CCOCCCCc1ccc2c(n1)NCCC2)NC(=O)C1(c2ccccc2F)CC1. The zero-order chi connectivity index (χ0) is 24.0. The van der Waals surface area contributed by atoms with Crippen LogP contribution < -0.4 is 10.6 Å². The van der Waals surface area contributed by atoms with Crippen molar-refractivity contribution in [2.45, 2.75) is 62.8 Å². The van der Waals surface area contributed by atoms with Gasteiger partial charge in [-0.2, -0.15) is 0 Å². The fourth-order valence-electron chi connectivity index (χ4n) is 4.47. The van der Waals surface area contributed by atoms with Gasteiger partial charge in [0, 0.05) is 37.4 Å². The van der Waals surface area contributed by atoms with E-state index < -0.39 is 29.2 Å². The van der Waals surface area contributed by atoms with Crippen molar-refractivity contribution in [1.82, 2.24) is 10.3 Å². The van der Waals surface area contributed by atoms with E-state index in [2.05, 4.69) is 27.8 Å². The van der Waals surface area contributed by atoms with Gasteiger partial charge in [-0.05, 0) is 62.6 Å². The van der Waals surface area contributed by atoms with E-state index in [4.69, 9.17) is 4.74 Å². The number of aromatic nitrogens is 1. The maximum atomic E-state index is 14.2. The lowest BCUT2D eigenvalue weighted by atomic mass is 9.94. The summed E-state index contributed by atoms with van der Waals surface area (Å²) in [5.74, 6) is -0.984. The number of carbonyl (C=O) groups is 2. The highest BCUT2D eigenvalue weighted by Gasteiger charge is 2.53. The van der Waals surface area contributed by atoms with E-state index in [1.165, 1.54) is 11.6 Å². The van der Waals surface area contributed by atoms with Crippen molar-refractivity contribution in [3.05, 3.63) is 59.0 Å². The topological polar surface area (TPSA) is 101 Å². The molecule has 1 amide bonds. The second-order valence-electron chi connectivity index (χ2n) is 9.13. The Kier molecular flexibility index (Phi) is 7.77. The van der Waals surface area contributed by atoms with Crippen LogP contribution in [0.25, 0.3) is 0 Å². The number of aryl methyl sites for hydroxylation is 2. The average molecular weight is 470 g/mol. The number of hydrogen-bond acceptors (Lipinski definition) is 5. The first kappa shape index (κ1) is 24.1.